The van der Waals surface area contributed by atoms with Crippen LogP contribution in [0.4, 0.5) is 0 Å². The van der Waals surface area contributed by atoms with E-state index in [1.807, 2.05) is 36.4 Å². The number of rotatable bonds is 6. The van der Waals surface area contributed by atoms with Crippen LogP contribution in [0.3, 0.4) is 0 Å². The lowest BCUT2D eigenvalue weighted by molar-refractivity contribution is 0.601. The van der Waals surface area contributed by atoms with E-state index in [1.54, 1.807) is 20.0 Å². The van der Waals surface area contributed by atoms with Crippen molar-refractivity contribution in [2.45, 2.75) is 24.8 Å². The fraction of sp³-hybridized carbons (Fsp3) is 0.316. The highest BCUT2D eigenvalue weighted by Gasteiger charge is 2.10. The van der Waals surface area contributed by atoms with Crippen LogP contribution in [0.15, 0.2) is 52.4 Å². The molecule has 2 N–H and O–H groups in total. The first kappa shape index (κ1) is 20.3. The average molecular weight is 394 g/mol. The zero-order chi connectivity index (χ0) is 19.2. The number of halogens is 1. The Morgan fingerprint density at radius 1 is 1.12 bits per heavy atom. The van der Waals surface area contributed by atoms with Gasteiger partial charge in [0.2, 0.25) is 0 Å². The third-order valence-electron chi connectivity index (χ3n) is 3.92. The van der Waals surface area contributed by atoms with Gasteiger partial charge < -0.3 is 10.6 Å². The first-order valence-electron chi connectivity index (χ1n) is 8.28. The molecule has 26 heavy (non-hydrogen) atoms. The van der Waals surface area contributed by atoms with E-state index in [9.17, 15) is 8.42 Å². The van der Waals surface area contributed by atoms with Gasteiger partial charge in [0.05, 0.1) is 4.90 Å². The van der Waals surface area contributed by atoms with Crippen molar-refractivity contribution in [1.82, 2.24) is 10.6 Å². The number of guanidine groups is 1. The number of hydrogen-bond donors (Lipinski definition) is 2. The summed E-state index contributed by atoms with van der Waals surface area (Å²) in [6.07, 6.45) is 2.06. The summed E-state index contributed by atoms with van der Waals surface area (Å²) in [4.78, 5) is 4.57. The van der Waals surface area contributed by atoms with E-state index < -0.39 is 9.84 Å². The average Bonchev–Trinajstić information content (AvgIpc) is 2.57. The highest BCUT2D eigenvalue weighted by atomic mass is 35.5. The zero-order valence-electron chi connectivity index (χ0n) is 15.2. The van der Waals surface area contributed by atoms with Gasteiger partial charge in [-0.2, -0.15) is 0 Å². The molecular weight excluding hydrogens is 370 g/mol. The predicted molar refractivity (Wildman–Crippen MR) is 108 cm³/mol. The number of aliphatic imine (C=N–C) groups is 1. The van der Waals surface area contributed by atoms with Crippen molar-refractivity contribution in [3.8, 4) is 0 Å². The Balaban J connectivity index is 1.88. The van der Waals surface area contributed by atoms with E-state index in [0.717, 1.165) is 34.7 Å². The molecule has 0 saturated heterocycles. The molecule has 0 heterocycles. The molecule has 0 fully saturated rings. The van der Waals surface area contributed by atoms with Crippen molar-refractivity contribution in [3.05, 3.63) is 64.2 Å². The highest BCUT2D eigenvalue weighted by Crippen LogP contribution is 2.16. The summed E-state index contributed by atoms with van der Waals surface area (Å²) in [6.45, 7) is 3.09. The molecule has 0 spiro atoms. The van der Waals surface area contributed by atoms with Crippen LogP contribution in [-0.4, -0.2) is 34.2 Å². The molecule has 0 aliphatic carbocycles. The van der Waals surface area contributed by atoms with Gasteiger partial charge in [0.1, 0.15) is 0 Å². The number of benzene rings is 2. The first-order chi connectivity index (χ1) is 12.3. The molecule has 2 aromatic carbocycles. The van der Waals surface area contributed by atoms with Gasteiger partial charge in [-0.1, -0.05) is 35.9 Å². The van der Waals surface area contributed by atoms with Crippen LogP contribution >= 0.6 is 11.6 Å². The Morgan fingerprint density at radius 2 is 1.88 bits per heavy atom. The van der Waals surface area contributed by atoms with Gasteiger partial charge in [-0.15, -0.1) is 0 Å². The Morgan fingerprint density at radius 3 is 2.50 bits per heavy atom. The van der Waals surface area contributed by atoms with Crippen LogP contribution in [0.2, 0.25) is 5.02 Å². The fourth-order valence-corrected chi connectivity index (χ4v) is 3.83. The predicted octanol–water partition coefficient (Wildman–Crippen LogP) is 2.96. The smallest absolute Gasteiger partial charge is 0.191 e. The van der Waals surface area contributed by atoms with Gasteiger partial charge in [0.15, 0.2) is 15.8 Å². The number of aryl methyl sites for hydroxylation is 1. The Kier molecular flexibility index (Phi) is 7.06. The number of nitrogens with zero attached hydrogens (tertiary/aromatic N) is 1. The molecule has 0 bridgehead atoms. The highest BCUT2D eigenvalue weighted by molar-refractivity contribution is 7.90. The maximum absolute atomic E-state index is 11.7. The second kappa shape index (κ2) is 9.05. The van der Waals surface area contributed by atoms with Crippen molar-refractivity contribution >= 4 is 27.4 Å². The summed E-state index contributed by atoms with van der Waals surface area (Å²) >= 11 is 5.99. The zero-order valence-corrected chi connectivity index (χ0v) is 16.8. The minimum atomic E-state index is -3.19. The Labute approximate surface area is 160 Å². The normalized spacial score (nSPS) is 12.1. The van der Waals surface area contributed by atoms with Crippen molar-refractivity contribution in [3.63, 3.8) is 0 Å². The third kappa shape index (κ3) is 6.04. The summed E-state index contributed by atoms with van der Waals surface area (Å²) in [5.74, 6) is 0.692. The van der Waals surface area contributed by atoms with Gasteiger partial charge in [0.25, 0.3) is 0 Å². The van der Waals surface area contributed by atoms with Crippen LogP contribution in [0.25, 0.3) is 0 Å². The summed E-state index contributed by atoms with van der Waals surface area (Å²) < 4.78 is 23.4. The molecule has 0 saturated carbocycles. The van der Waals surface area contributed by atoms with E-state index >= 15 is 0 Å². The molecule has 0 aliphatic heterocycles. The van der Waals surface area contributed by atoms with Crippen LogP contribution in [0, 0.1) is 6.92 Å². The molecule has 0 aromatic heterocycles. The maximum Gasteiger partial charge on any atom is 0.191 e. The Hall–Kier alpha value is -2.05. The molecule has 0 radical (unpaired) electrons. The van der Waals surface area contributed by atoms with Crippen LogP contribution in [-0.2, 0) is 22.8 Å². The van der Waals surface area contributed by atoms with E-state index in [4.69, 9.17) is 11.6 Å². The summed E-state index contributed by atoms with van der Waals surface area (Å²) in [6, 6.07) is 13.1. The van der Waals surface area contributed by atoms with E-state index in [0.29, 0.717) is 17.4 Å². The fourth-order valence-electron chi connectivity index (χ4n) is 2.66. The number of hydrogen-bond acceptors (Lipinski definition) is 3. The molecule has 0 amide bonds. The van der Waals surface area contributed by atoms with Crippen molar-refractivity contribution in [2.75, 3.05) is 19.8 Å². The molecule has 0 atom stereocenters. The molecule has 0 unspecified atom stereocenters. The lowest BCUT2D eigenvalue weighted by Crippen LogP contribution is -2.37. The van der Waals surface area contributed by atoms with Gasteiger partial charge in [-0.05, 0) is 48.2 Å². The molecule has 2 aromatic rings. The molecule has 5 nitrogen and oxygen atoms in total. The third-order valence-corrected chi connectivity index (χ3v) is 5.41. The van der Waals surface area contributed by atoms with Gasteiger partial charge >= 0.3 is 0 Å². The second-order valence-corrected chi connectivity index (χ2v) is 8.53. The molecular formula is C19H24ClN3O2S. The Bertz CT molecular complexity index is 895. The second-order valence-electron chi connectivity index (χ2n) is 6.10. The van der Waals surface area contributed by atoms with Crippen molar-refractivity contribution in [1.29, 1.82) is 0 Å². The SMILES string of the molecule is CN=C(NCCc1cccc(Cl)c1)NCc1ccc(S(C)(=O)=O)c(C)c1. The monoisotopic (exact) mass is 393 g/mol. The lowest BCUT2D eigenvalue weighted by atomic mass is 10.1. The van der Waals surface area contributed by atoms with E-state index in [-0.39, 0.29) is 0 Å². The molecule has 7 heteroatoms. The lowest BCUT2D eigenvalue weighted by Gasteiger charge is -2.13. The van der Waals surface area contributed by atoms with Crippen LogP contribution in [0.5, 0.6) is 0 Å². The molecule has 2 rings (SSSR count). The quantitative estimate of drug-likeness (QED) is 0.584. The molecule has 0 aliphatic rings. The van der Waals surface area contributed by atoms with Gasteiger partial charge in [-0.3, -0.25) is 4.99 Å². The van der Waals surface area contributed by atoms with Crippen LogP contribution < -0.4 is 10.6 Å². The minimum absolute atomic E-state index is 0.366. The van der Waals surface area contributed by atoms with Gasteiger partial charge in [0, 0.05) is 31.4 Å². The standard InChI is InChI=1S/C19H24ClN3O2S/c1-14-11-16(7-8-18(14)26(3,24)25)13-23-19(21-2)22-10-9-15-5-4-6-17(20)12-15/h4-8,11-12H,9-10,13H2,1-3H3,(H2,21,22,23). The summed E-state index contributed by atoms with van der Waals surface area (Å²) in [7, 11) is -1.48. The van der Waals surface area contributed by atoms with Crippen molar-refractivity contribution < 1.29 is 8.42 Å². The van der Waals surface area contributed by atoms with Gasteiger partial charge in [-0.25, -0.2) is 8.42 Å². The maximum atomic E-state index is 11.7. The van der Waals surface area contributed by atoms with E-state index in [1.165, 1.54) is 6.26 Å². The largest absolute Gasteiger partial charge is 0.356 e. The summed E-state index contributed by atoms with van der Waals surface area (Å²) in [5.41, 5.74) is 2.90. The number of nitrogens with one attached hydrogen (secondary N) is 2. The van der Waals surface area contributed by atoms with E-state index in [2.05, 4.69) is 15.6 Å². The van der Waals surface area contributed by atoms with Crippen LogP contribution in [0.1, 0.15) is 16.7 Å². The first-order valence-corrected chi connectivity index (χ1v) is 10.5. The van der Waals surface area contributed by atoms with Crippen molar-refractivity contribution in [2.24, 2.45) is 4.99 Å². The summed E-state index contributed by atoms with van der Waals surface area (Å²) in [5, 5.41) is 7.22. The minimum Gasteiger partial charge on any atom is -0.356 e. The topological polar surface area (TPSA) is 70.6 Å². The molecule has 140 valence electrons. The number of sulfone groups is 1.